The summed E-state index contributed by atoms with van der Waals surface area (Å²) < 4.78 is 0. The fourth-order valence-electron chi connectivity index (χ4n) is 2.78. The van der Waals surface area contributed by atoms with Crippen molar-refractivity contribution >= 4 is 12.0 Å². The molecular weight excluding hydrogens is 270 g/mol. The maximum atomic E-state index is 12.4. The van der Waals surface area contributed by atoms with Gasteiger partial charge in [-0.2, -0.15) is 0 Å². The maximum absolute atomic E-state index is 12.4. The molecular formula is C15H29N3O3. The van der Waals surface area contributed by atoms with E-state index in [9.17, 15) is 9.59 Å². The Hall–Kier alpha value is -1.30. The smallest absolute Gasteiger partial charge is 0.319 e. The highest BCUT2D eigenvalue weighted by molar-refractivity contribution is 5.74. The van der Waals surface area contributed by atoms with Crippen LogP contribution >= 0.6 is 0 Å². The van der Waals surface area contributed by atoms with Crippen molar-refractivity contribution in [2.45, 2.75) is 26.2 Å². The van der Waals surface area contributed by atoms with E-state index in [0.717, 1.165) is 25.9 Å². The molecule has 2 unspecified atom stereocenters. The molecule has 0 aliphatic carbocycles. The lowest BCUT2D eigenvalue weighted by Crippen LogP contribution is -2.48. The molecule has 6 heteroatoms. The molecule has 1 saturated heterocycles. The minimum Gasteiger partial charge on any atom is -0.481 e. The summed E-state index contributed by atoms with van der Waals surface area (Å²) in [6, 6.07) is 0.0593. The quantitative estimate of drug-likeness (QED) is 0.806. The van der Waals surface area contributed by atoms with Gasteiger partial charge in [0, 0.05) is 39.6 Å². The van der Waals surface area contributed by atoms with Crippen molar-refractivity contribution in [3.05, 3.63) is 0 Å². The van der Waals surface area contributed by atoms with Crippen LogP contribution in [0.5, 0.6) is 0 Å². The first-order valence-electron chi connectivity index (χ1n) is 7.67. The van der Waals surface area contributed by atoms with E-state index in [1.165, 1.54) is 0 Å². The third kappa shape index (κ3) is 5.91. The SMILES string of the molecule is CC(CC(=O)O)C1CCCN(C(=O)N(C)CCN(C)C)C1. The Labute approximate surface area is 127 Å². The Kier molecular flexibility index (Phi) is 6.95. The fraction of sp³-hybridized carbons (Fsp3) is 0.867. The summed E-state index contributed by atoms with van der Waals surface area (Å²) in [5.41, 5.74) is 0. The molecule has 122 valence electrons. The second-order valence-electron chi connectivity index (χ2n) is 6.43. The lowest BCUT2D eigenvalue weighted by Gasteiger charge is -2.37. The summed E-state index contributed by atoms with van der Waals surface area (Å²) in [5, 5.41) is 8.91. The van der Waals surface area contributed by atoms with Crippen LogP contribution in [-0.4, -0.2) is 79.1 Å². The first-order valence-corrected chi connectivity index (χ1v) is 7.67. The summed E-state index contributed by atoms with van der Waals surface area (Å²) >= 11 is 0. The highest BCUT2D eigenvalue weighted by atomic mass is 16.4. The van der Waals surface area contributed by atoms with Crippen LogP contribution in [0.2, 0.25) is 0 Å². The van der Waals surface area contributed by atoms with Crippen molar-refractivity contribution < 1.29 is 14.7 Å². The number of carbonyl (C=O) groups is 2. The normalized spacial score (nSPS) is 20.4. The molecule has 1 rings (SSSR count). The minimum absolute atomic E-state index is 0.0593. The van der Waals surface area contributed by atoms with Crippen LogP contribution in [-0.2, 0) is 4.79 Å². The Balaban J connectivity index is 2.51. The summed E-state index contributed by atoms with van der Waals surface area (Å²) in [4.78, 5) is 28.9. The van der Waals surface area contributed by atoms with Gasteiger partial charge in [0.25, 0.3) is 0 Å². The number of aliphatic carboxylic acids is 1. The second kappa shape index (κ2) is 8.22. The van der Waals surface area contributed by atoms with E-state index in [0.29, 0.717) is 19.0 Å². The number of hydrogen-bond acceptors (Lipinski definition) is 3. The molecule has 21 heavy (non-hydrogen) atoms. The van der Waals surface area contributed by atoms with Gasteiger partial charge >= 0.3 is 12.0 Å². The predicted octanol–water partition coefficient (Wildman–Crippen LogP) is 1.42. The van der Waals surface area contributed by atoms with Gasteiger partial charge in [0.15, 0.2) is 0 Å². The molecule has 1 heterocycles. The van der Waals surface area contributed by atoms with Crippen LogP contribution in [0.1, 0.15) is 26.2 Å². The van der Waals surface area contributed by atoms with E-state index < -0.39 is 5.97 Å². The van der Waals surface area contributed by atoms with Gasteiger partial charge in [-0.1, -0.05) is 6.92 Å². The molecule has 0 bridgehead atoms. The number of urea groups is 1. The van der Waals surface area contributed by atoms with Gasteiger partial charge in [-0.3, -0.25) is 4.79 Å². The third-order valence-electron chi connectivity index (χ3n) is 4.24. The lowest BCUT2D eigenvalue weighted by molar-refractivity contribution is -0.138. The zero-order chi connectivity index (χ0) is 16.0. The van der Waals surface area contributed by atoms with Crippen LogP contribution in [0, 0.1) is 11.8 Å². The standard InChI is InChI=1S/C15H29N3O3/c1-12(10-14(19)20)13-6-5-7-18(11-13)15(21)17(4)9-8-16(2)3/h12-13H,5-11H2,1-4H3,(H,19,20). The monoisotopic (exact) mass is 299 g/mol. The van der Waals surface area contributed by atoms with Crippen LogP contribution < -0.4 is 0 Å². The van der Waals surface area contributed by atoms with Gasteiger partial charge in [-0.15, -0.1) is 0 Å². The first-order chi connectivity index (χ1) is 9.81. The van der Waals surface area contributed by atoms with E-state index >= 15 is 0 Å². The number of amides is 2. The summed E-state index contributed by atoms with van der Waals surface area (Å²) in [6.45, 7) is 4.98. The molecule has 0 saturated carbocycles. The molecule has 2 amide bonds. The number of likely N-dealkylation sites (N-methyl/N-ethyl adjacent to an activating group) is 2. The number of carbonyl (C=O) groups excluding carboxylic acids is 1. The van der Waals surface area contributed by atoms with Crippen molar-refractivity contribution in [2.24, 2.45) is 11.8 Å². The molecule has 0 spiro atoms. The molecule has 1 aliphatic heterocycles. The number of carboxylic acid groups (broad SMARTS) is 1. The average molecular weight is 299 g/mol. The van der Waals surface area contributed by atoms with Gasteiger partial charge in [0.1, 0.15) is 0 Å². The molecule has 0 radical (unpaired) electrons. The zero-order valence-corrected chi connectivity index (χ0v) is 13.7. The zero-order valence-electron chi connectivity index (χ0n) is 13.7. The lowest BCUT2D eigenvalue weighted by atomic mass is 9.85. The number of nitrogens with zero attached hydrogens (tertiary/aromatic N) is 3. The Morgan fingerprint density at radius 1 is 1.29 bits per heavy atom. The Morgan fingerprint density at radius 2 is 1.95 bits per heavy atom. The fourth-order valence-corrected chi connectivity index (χ4v) is 2.78. The van der Waals surface area contributed by atoms with Crippen LogP contribution in [0.3, 0.4) is 0 Å². The second-order valence-corrected chi connectivity index (χ2v) is 6.43. The summed E-state index contributed by atoms with van der Waals surface area (Å²) in [7, 11) is 5.81. The molecule has 1 aliphatic rings. The largest absolute Gasteiger partial charge is 0.481 e. The van der Waals surface area contributed by atoms with Gasteiger partial charge < -0.3 is 19.8 Å². The van der Waals surface area contributed by atoms with Crippen LogP contribution in [0.25, 0.3) is 0 Å². The minimum atomic E-state index is -0.756. The van der Waals surface area contributed by atoms with Gasteiger partial charge in [0.05, 0.1) is 0 Å². The molecule has 0 aromatic rings. The van der Waals surface area contributed by atoms with E-state index in [1.54, 1.807) is 4.90 Å². The molecule has 0 aromatic heterocycles. The highest BCUT2D eigenvalue weighted by Crippen LogP contribution is 2.26. The molecule has 2 atom stereocenters. The van der Waals surface area contributed by atoms with E-state index in [-0.39, 0.29) is 18.4 Å². The third-order valence-corrected chi connectivity index (χ3v) is 4.24. The van der Waals surface area contributed by atoms with Crippen molar-refractivity contribution in [3.63, 3.8) is 0 Å². The number of rotatable bonds is 6. The maximum Gasteiger partial charge on any atom is 0.319 e. The predicted molar refractivity (Wildman–Crippen MR) is 82.3 cm³/mol. The summed E-state index contributed by atoms with van der Waals surface area (Å²) in [5.74, 6) is -0.347. The van der Waals surface area contributed by atoms with E-state index in [1.807, 2.05) is 33.0 Å². The number of hydrogen-bond donors (Lipinski definition) is 1. The van der Waals surface area contributed by atoms with E-state index in [2.05, 4.69) is 4.90 Å². The number of likely N-dealkylation sites (tertiary alicyclic amines) is 1. The van der Waals surface area contributed by atoms with Gasteiger partial charge in [-0.05, 0) is 38.8 Å². The van der Waals surface area contributed by atoms with E-state index in [4.69, 9.17) is 5.11 Å². The van der Waals surface area contributed by atoms with Gasteiger partial charge in [0.2, 0.25) is 0 Å². The van der Waals surface area contributed by atoms with Crippen LogP contribution in [0.4, 0.5) is 4.79 Å². The number of piperidine rings is 1. The first kappa shape index (κ1) is 17.8. The summed E-state index contributed by atoms with van der Waals surface area (Å²) in [6.07, 6.45) is 2.16. The highest BCUT2D eigenvalue weighted by Gasteiger charge is 2.29. The van der Waals surface area contributed by atoms with Crippen LogP contribution in [0.15, 0.2) is 0 Å². The molecule has 1 N–H and O–H groups in total. The van der Waals surface area contributed by atoms with Crippen molar-refractivity contribution in [1.29, 1.82) is 0 Å². The Bertz CT molecular complexity index is 360. The molecule has 1 fully saturated rings. The number of carboxylic acids is 1. The average Bonchev–Trinajstić information content (AvgIpc) is 2.43. The van der Waals surface area contributed by atoms with Crippen molar-refractivity contribution in [2.75, 3.05) is 47.3 Å². The molecule has 0 aromatic carbocycles. The van der Waals surface area contributed by atoms with Crippen molar-refractivity contribution in [3.8, 4) is 0 Å². The Morgan fingerprint density at radius 3 is 2.52 bits per heavy atom. The topological polar surface area (TPSA) is 64.1 Å². The van der Waals surface area contributed by atoms with Gasteiger partial charge in [-0.25, -0.2) is 4.79 Å². The van der Waals surface area contributed by atoms with Crippen molar-refractivity contribution in [1.82, 2.24) is 14.7 Å². The molecule has 6 nitrogen and oxygen atoms in total.